The smallest absolute Gasteiger partial charge is 0.329 e. The topological polar surface area (TPSA) is 83.5 Å². The summed E-state index contributed by atoms with van der Waals surface area (Å²) >= 11 is 0. The van der Waals surface area contributed by atoms with E-state index in [9.17, 15) is 18.3 Å². The van der Waals surface area contributed by atoms with E-state index in [1.807, 2.05) is 0 Å². The molecule has 0 aliphatic heterocycles. The van der Waals surface area contributed by atoms with Gasteiger partial charge in [-0.05, 0) is 43.0 Å². The van der Waals surface area contributed by atoms with E-state index in [1.165, 1.54) is 12.1 Å². The molecule has 0 radical (unpaired) electrons. The number of carbonyl (C=O) groups is 1. The van der Waals surface area contributed by atoms with Gasteiger partial charge in [-0.25, -0.2) is 13.2 Å². The van der Waals surface area contributed by atoms with Gasteiger partial charge in [0.1, 0.15) is 5.54 Å². The normalized spacial score (nSPS) is 26.3. The Morgan fingerprint density at radius 1 is 1.33 bits per heavy atom. The van der Waals surface area contributed by atoms with Crippen molar-refractivity contribution in [3.05, 3.63) is 24.3 Å². The largest absolute Gasteiger partial charge is 0.480 e. The van der Waals surface area contributed by atoms with Gasteiger partial charge in [0.2, 0.25) is 0 Å². The molecule has 1 aromatic rings. The minimum absolute atomic E-state index is 0.231. The summed E-state index contributed by atoms with van der Waals surface area (Å²) in [6, 6.07) is 6.25. The molecule has 0 aromatic heterocycles. The molecule has 0 heterocycles. The number of benzene rings is 1. The maximum Gasteiger partial charge on any atom is 0.329 e. The average Bonchev–Trinajstić information content (AvgIpc) is 2.38. The van der Waals surface area contributed by atoms with E-state index in [-0.39, 0.29) is 4.90 Å². The summed E-state index contributed by atoms with van der Waals surface area (Å²) < 4.78 is 22.9. The highest BCUT2D eigenvalue weighted by Gasteiger charge is 2.41. The highest BCUT2D eigenvalue weighted by Crippen LogP contribution is 2.35. The van der Waals surface area contributed by atoms with Gasteiger partial charge >= 0.3 is 5.97 Å². The summed E-state index contributed by atoms with van der Waals surface area (Å²) in [6.07, 6.45) is 4.24. The van der Waals surface area contributed by atoms with Crippen LogP contribution < -0.4 is 5.32 Å². The molecule has 2 rings (SSSR count). The van der Waals surface area contributed by atoms with Crippen molar-refractivity contribution < 1.29 is 18.3 Å². The Bertz CT molecular complexity index is 624. The average molecular weight is 311 g/mol. The SMILES string of the molecule is CC1CCCC(Nc2ccc(S(C)(=O)=O)cc2)(C(=O)O)C1. The van der Waals surface area contributed by atoms with Crippen LogP contribution in [0.3, 0.4) is 0 Å². The number of aliphatic carboxylic acids is 1. The maximum absolute atomic E-state index is 11.7. The van der Waals surface area contributed by atoms with E-state index in [1.54, 1.807) is 12.1 Å². The molecule has 1 saturated carbocycles. The molecule has 0 amide bonds. The lowest BCUT2D eigenvalue weighted by Gasteiger charge is -2.37. The van der Waals surface area contributed by atoms with Crippen LogP contribution in [0.1, 0.15) is 32.6 Å². The predicted molar refractivity (Wildman–Crippen MR) is 81.2 cm³/mol. The molecule has 1 fully saturated rings. The van der Waals surface area contributed by atoms with Crippen molar-refractivity contribution in [1.82, 2.24) is 0 Å². The van der Waals surface area contributed by atoms with Crippen LogP contribution in [0, 0.1) is 5.92 Å². The number of anilines is 1. The zero-order chi connectivity index (χ0) is 15.7. The zero-order valence-corrected chi connectivity index (χ0v) is 13.1. The van der Waals surface area contributed by atoms with Gasteiger partial charge in [-0.2, -0.15) is 0 Å². The summed E-state index contributed by atoms with van der Waals surface area (Å²) in [5.74, 6) is -0.487. The molecule has 0 bridgehead atoms. The fourth-order valence-corrected chi connectivity index (χ4v) is 3.60. The van der Waals surface area contributed by atoms with E-state index >= 15 is 0 Å². The molecule has 1 aliphatic rings. The van der Waals surface area contributed by atoms with Crippen LogP contribution in [0.25, 0.3) is 0 Å². The molecule has 0 spiro atoms. The highest BCUT2D eigenvalue weighted by molar-refractivity contribution is 7.90. The van der Waals surface area contributed by atoms with Crippen molar-refractivity contribution in [2.24, 2.45) is 5.92 Å². The van der Waals surface area contributed by atoms with Crippen molar-refractivity contribution in [3.63, 3.8) is 0 Å². The Labute approximate surface area is 125 Å². The Balaban J connectivity index is 2.24. The van der Waals surface area contributed by atoms with Crippen molar-refractivity contribution in [2.45, 2.75) is 43.0 Å². The Morgan fingerprint density at radius 3 is 2.43 bits per heavy atom. The summed E-state index contributed by atoms with van der Waals surface area (Å²) in [5, 5.41) is 12.7. The standard InChI is InChI=1S/C15H21NO4S/c1-11-4-3-9-15(10-11,14(17)18)16-12-5-7-13(8-6-12)21(2,19)20/h5-8,11,16H,3-4,9-10H2,1-2H3,(H,17,18). The van der Waals surface area contributed by atoms with E-state index in [0.717, 1.165) is 19.1 Å². The lowest BCUT2D eigenvalue weighted by Crippen LogP contribution is -2.49. The van der Waals surface area contributed by atoms with Gasteiger partial charge in [-0.15, -0.1) is 0 Å². The first-order chi connectivity index (χ1) is 9.73. The molecule has 1 aromatic carbocycles. The van der Waals surface area contributed by atoms with E-state index < -0.39 is 21.3 Å². The highest BCUT2D eigenvalue weighted by atomic mass is 32.2. The van der Waals surface area contributed by atoms with Crippen LogP contribution in [-0.2, 0) is 14.6 Å². The van der Waals surface area contributed by atoms with Crippen LogP contribution in [0.4, 0.5) is 5.69 Å². The van der Waals surface area contributed by atoms with Crippen LogP contribution in [-0.4, -0.2) is 31.3 Å². The minimum atomic E-state index is -3.24. The van der Waals surface area contributed by atoms with Crippen LogP contribution in [0.2, 0.25) is 0 Å². The number of carboxylic acid groups (broad SMARTS) is 1. The molecule has 0 saturated heterocycles. The van der Waals surface area contributed by atoms with Gasteiger partial charge in [-0.3, -0.25) is 0 Å². The first-order valence-corrected chi connectivity index (χ1v) is 8.94. The lowest BCUT2D eigenvalue weighted by molar-refractivity contribution is -0.144. The van der Waals surface area contributed by atoms with E-state index in [2.05, 4.69) is 12.2 Å². The van der Waals surface area contributed by atoms with Gasteiger partial charge in [0.15, 0.2) is 9.84 Å². The maximum atomic E-state index is 11.7. The third-order valence-corrected chi connectivity index (χ3v) is 5.20. The molecule has 5 nitrogen and oxygen atoms in total. The van der Waals surface area contributed by atoms with Crippen molar-refractivity contribution >= 4 is 21.5 Å². The third-order valence-electron chi connectivity index (χ3n) is 4.07. The molecular weight excluding hydrogens is 290 g/mol. The van der Waals surface area contributed by atoms with Crippen LogP contribution in [0.5, 0.6) is 0 Å². The predicted octanol–water partition coefficient (Wildman–Crippen LogP) is 2.54. The quantitative estimate of drug-likeness (QED) is 0.892. The molecule has 6 heteroatoms. The number of sulfone groups is 1. The molecule has 1 aliphatic carbocycles. The molecule has 21 heavy (non-hydrogen) atoms. The van der Waals surface area contributed by atoms with E-state index in [4.69, 9.17) is 0 Å². The molecule has 2 N–H and O–H groups in total. The Morgan fingerprint density at radius 2 is 1.95 bits per heavy atom. The monoisotopic (exact) mass is 311 g/mol. The Hall–Kier alpha value is -1.56. The summed E-state index contributed by atoms with van der Waals surface area (Å²) in [6.45, 7) is 2.06. The van der Waals surface area contributed by atoms with Gasteiger partial charge in [0.25, 0.3) is 0 Å². The zero-order valence-electron chi connectivity index (χ0n) is 12.3. The molecule has 116 valence electrons. The van der Waals surface area contributed by atoms with Gasteiger partial charge in [-0.1, -0.05) is 19.8 Å². The molecule has 2 unspecified atom stereocenters. The molecule has 2 atom stereocenters. The number of rotatable bonds is 4. The second kappa shape index (κ2) is 5.67. The van der Waals surface area contributed by atoms with Crippen molar-refractivity contribution in [2.75, 3.05) is 11.6 Å². The second-order valence-electron chi connectivity index (χ2n) is 6.01. The lowest BCUT2D eigenvalue weighted by atomic mass is 9.76. The number of hydrogen-bond acceptors (Lipinski definition) is 4. The fourth-order valence-electron chi connectivity index (χ4n) is 2.97. The summed E-state index contributed by atoms with van der Waals surface area (Å²) in [7, 11) is -3.24. The van der Waals surface area contributed by atoms with Crippen LogP contribution >= 0.6 is 0 Å². The van der Waals surface area contributed by atoms with Gasteiger partial charge < -0.3 is 10.4 Å². The summed E-state index contributed by atoms with van der Waals surface area (Å²) in [4.78, 5) is 11.9. The summed E-state index contributed by atoms with van der Waals surface area (Å²) in [5.41, 5.74) is -0.316. The second-order valence-corrected chi connectivity index (χ2v) is 8.03. The van der Waals surface area contributed by atoms with Gasteiger partial charge in [0, 0.05) is 11.9 Å². The number of hydrogen-bond donors (Lipinski definition) is 2. The van der Waals surface area contributed by atoms with E-state index in [0.29, 0.717) is 24.4 Å². The fraction of sp³-hybridized carbons (Fsp3) is 0.533. The third kappa shape index (κ3) is 3.56. The number of nitrogens with one attached hydrogen (secondary N) is 1. The Kier molecular flexibility index (Phi) is 4.27. The number of carboxylic acids is 1. The van der Waals surface area contributed by atoms with Gasteiger partial charge in [0.05, 0.1) is 4.90 Å². The van der Waals surface area contributed by atoms with Crippen molar-refractivity contribution in [1.29, 1.82) is 0 Å². The van der Waals surface area contributed by atoms with Crippen molar-refractivity contribution in [3.8, 4) is 0 Å². The minimum Gasteiger partial charge on any atom is -0.480 e. The molecular formula is C15H21NO4S. The first kappa shape index (κ1) is 15.8. The van der Waals surface area contributed by atoms with Crippen LogP contribution in [0.15, 0.2) is 29.2 Å². The first-order valence-electron chi connectivity index (χ1n) is 7.05.